The first-order valence-corrected chi connectivity index (χ1v) is 22.8. The monoisotopic (exact) mass is 846 g/mol. The molecule has 65 heavy (non-hydrogen) atoms. The fraction of sp³-hybridized carbons (Fsp3) is 0. The number of hydrogen-bond acceptors (Lipinski definition) is 3. The van der Waals surface area contributed by atoms with Crippen molar-refractivity contribution < 1.29 is 0 Å². The maximum Gasteiger partial charge on any atom is 0.157 e. The van der Waals surface area contributed by atoms with Gasteiger partial charge in [0.1, 0.15) is 10.3 Å². The van der Waals surface area contributed by atoms with Gasteiger partial charge >= 0.3 is 0 Å². The molecule has 302 valence electrons. The molecule has 0 amide bonds. The highest BCUT2D eigenvalue weighted by Gasteiger charge is 2.22. The lowest BCUT2D eigenvalue weighted by Gasteiger charge is -2.10. The van der Waals surface area contributed by atoms with Crippen molar-refractivity contribution in [2.24, 2.45) is 0 Å². The normalized spacial score (nSPS) is 12.3. The molecule has 0 radical (unpaired) electrons. The lowest BCUT2D eigenvalue weighted by molar-refractivity contribution is 1.08. The summed E-state index contributed by atoms with van der Waals surface area (Å²) in [5.74, 6) is 0.795. The fourth-order valence-electron chi connectivity index (χ4n) is 10.9. The van der Waals surface area contributed by atoms with E-state index in [1.807, 2.05) is 6.20 Å². The Kier molecular flexibility index (Phi) is 7.01. The average Bonchev–Trinajstić information content (AvgIpc) is 4.15. The van der Waals surface area contributed by atoms with E-state index in [4.69, 9.17) is 9.97 Å². The largest absolute Gasteiger partial charge is 0.309 e. The Morgan fingerprint density at radius 3 is 1.22 bits per heavy atom. The molecule has 0 fully saturated rings. The summed E-state index contributed by atoms with van der Waals surface area (Å²) in [4.78, 5) is 11.6. The number of hydrogen-bond donors (Lipinski definition) is 0. The van der Waals surface area contributed by atoms with E-state index in [1.165, 1.54) is 65.2 Å². The second kappa shape index (κ2) is 13.0. The Hall–Kier alpha value is -8.52. The van der Waals surface area contributed by atoms with Crippen LogP contribution in [0.15, 0.2) is 206 Å². The molecule has 6 nitrogen and oxygen atoms in total. The topological polar surface area (TPSA) is 45.5 Å². The van der Waals surface area contributed by atoms with Crippen molar-refractivity contribution in [2.75, 3.05) is 0 Å². The molecule has 0 aliphatic heterocycles. The minimum absolute atomic E-state index is 0.795. The van der Waals surface area contributed by atoms with E-state index >= 15 is 0 Å². The number of aromatic nitrogens is 6. The predicted octanol–water partition coefficient (Wildman–Crippen LogP) is 15.2. The van der Waals surface area contributed by atoms with E-state index in [1.54, 1.807) is 11.3 Å². The van der Waals surface area contributed by atoms with Gasteiger partial charge in [0.25, 0.3) is 0 Å². The maximum atomic E-state index is 5.56. The Morgan fingerprint density at radius 1 is 0.308 bits per heavy atom. The number of para-hydroxylation sites is 6. The zero-order chi connectivity index (χ0) is 42.3. The standard InChI is InChI=1S/C58H34N6S/c1-3-15-35(16-4-1)61-47-23-11-7-19-38(47)42-30-44-40-21-9-13-25-49(40)63(53(44)32-51(42)61)37-27-28-55-46(29-37)57-58(65-55)59-34-56(60-57)64-50-26-14-10-22-41(50)45-31-43-39-20-8-12-24-48(39)62(52(43)33-54(45)64)36-17-5-2-6-18-36/h1-34H. The number of fused-ring (bicyclic) bond motifs is 15. The quantitative estimate of drug-likeness (QED) is 0.177. The van der Waals surface area contributed by atoms with Crippen molar-refractivity contribution in [3.05, 3.63) is 206 Å². The van der Waals surface area contributed by atoms with Crippen molar-refractivity contribution in [2.45, 2.75) is 0 Å². The van der Waals surface area contributed by atoms with Crippen LogP contribution in [0.2, 0.25) is 0 Å². The minimum Gasteiger partial charge on any atom is -0.309 e. The third-order valence-corrected chi connectivity index (χ3v) is 14.7. The van der Waals surface area contributed by atoms with Gasteiger partial charge in [-0.05, 0) is 91.0 Å². The van der Waals surface area contributed by atoms with Crippen LogP contribution < -0.4 is 0 Å². The van der Waals surface area contributed by atoms with Crippen molar-refractivity contribution in [1.29, 1.82) is 0 Å². The van der Waals surface area contributed by atoms with Crippen LogP contribution in [-0.2, 0) is 0 Å². The van der Waals surface area contributed by atoms with Crippen molar-refractivity contribution >= 4 is 119 Å². The Bertz CT molecular complexity index is 4180. The Labute approximate surface area is 374 Å². The summed E-state index contributed by atoms with van der Waals surface area (Å²) in [6.07, 6.45) is 1.95. The lowest BCUT2D eigenvalue weighted by atomic mass is 10.1. The molecule has 0 aliphatic rings. The van der Waals surface area contributed by atoms with Gasteiger partial charge in [-0.25, -0.2) is 9.97 Å². The first-order valence-electron chi connectivity index (χ1n) is 22.0. The molecule has 15 rings (SSSR count). The highest BCUT2D eigenvalue weighted by atomic mass is 32.1. The third-order valence-electron chi connectivity index (χ3n) is 13.6. The van der Waals surface area contributed by atoms with Crippen LogP contribution in [0.5, 0.6) is 0 Å². The number of nitrogens with zero attached hydrogens (tertiary/aromatic N) is 6. The average molecular weight is 847 g/mol. The van der Waals surface area contributed by atoms with Gasteiger partial charge in [-0.15, -0.1) is 11.3 Å². The summed E-state index contributed by atoms with van der Waals surface area (Å²) in [6.45, 7) is 0. The predicted molar refractivity (Wildman–Crippen MR) is 272 cm³/mol. The highest BCUT2D eigenvalue weighted by molar-refractivity contribution is 7.25. The van der Waals surface area contributed by atoms with Crippen LogP contribution in [0.25, 0.3) is 131 Å². The van der Waals surface area contributed by atoms with Gasteiger partial charge in [-0.3, -0.25) is 4.57 Å². The number of thiophene rings is 1. The molecular formula is C58H34N6S. The highest BCUT2D eigenvalue weighted by Crippen LogP contribution is 2.43. The molecule has 9 aromatic carbocycles. The van der Waals surface area contributed by atoms with Gasteiger partial charge in [0, 0.05) is 70.2 Å². The molecule has 0 N–H and O–H groups in total. The third kappa shape index (κ3) is 4.82. The summed E-state index contributed by atoms with van der Waals surface area (Å²) < 4.78 is 10.7. The van der Waals surface area contributed by atoms with E-state index in [0.717, 1.165) is 65.4 Å². The van der Waals surface area contributed by atoms with E-state index < -0.39 is 0 Å². The van der Waals surface area contributed by atoms with Crippen LogP contribution in [0, 0.1) is 0 Å². The summed E-state index contributed by atoms with van der Waals surface area (Å²) in [5, 5.41) is 10.9. The van der Waals surface area contributed by atoms with Gasteiger partial charge in [0.05, 0.1) is 50.3 Å². The molecule has 0 saturated heterocycles. The van der Waals surface area contributed by atoms with E-state index in [2.05, 4.69) is 218 Å². The van der Waals surface area contributed by atoms with Crippen LogP contribution >= 0.6 is 11.3 Å². The zero-order valence-electron chi connectivity index (χ0n) is 34.7. The van der Waals surface area contributed by atoms with Gasteiger partial charge < -0.3 is 13.7 Å². The summed E-state index contributed by atoms with van der Waals surface area (Å²) in [5.41, 5.74) is 13.5. The first kappa shape index (κ1) is 35.0. The summed E-state index contributed by atoms with van der Waals surface area (Å²) in [7, 11) is 0. The molecule has 7 heteroatoms. The van der Waals surface area contributed by atoms with Crippen LogP contribution in [0.4, 0.5) is 0 Å². The smallest absolute Gasteiger partial charge is 0.157 e. The molecule has 6 aromatic heterocycles. The van der Waals surface area contributed by atoms with E-state index in [0.29, 0.717) is 0 Å². The van der Waals surface area contributed by atoms with Gasteiger partial charge in [-0.2, -0.15) is 0 Å². The molecule has 0 saturated carbocycles. The van der Waals surface area contributed by atoms with Crippen molar-refractivity contribution in [3.8, 4) is 22.9 Å². The van der Waals surface area contributed by atoms with Gasteiger partial charge in [0.2, 0.25) is 0 Å². The van der Waals surface area contributed by atoms with Gasteiger partial charge in [0.15, 0.2) is 5.82 Å². The molecular weight excluding hydrogens is 813 g/mol. The Balaban J connectivity index is 0.971. The second-order valence-corrected chi connectivity index (χ2v) is 18.0. The Morgan fingerprint density at radius 2 is 0.723 bits per heavy atom. The van der Waals surface area contributed by atoms with Crippen LogP contribution in [0.1, 0.15) is 0 Å². The summed E-state index contributed by atoms with van der Waals surface area (Å²) >= 11 is 1.70. The van der Waals surface area contributed by atoms with Gasteiger partial charge in [-0.1, -0.05) is 109 Å². The van der Waals surface area contributed by atoms with E-state index in [-0.39, 0.29) is 0 Å². The fourth-order valence-corrected chi connectivity index (χ4v) is 11.8. The molecule has 0 bridgehead atoms. The minimum atomic E-state index is 0.795. The molecule has 0 spiro atoms. The second-order valence-electron chi connectivity index (χ2n) is 17.0. The van der Waals surface area contributed by atoms with Crippen LogP contribution in [-0.4, -0.2) is 28.2 Å². The lowest BCUT2D eigenvalue weighted by Crippen LogP contribution is -1.99. The SMILES string of the molecule is c1ccc(-n2c3ccccc3c3cc4c5ccccc5n(-c5ccc6sc7ncc(-n8c9ccccc9c9cc%10c%11ccccc%11n(-c%11ccccc%11)c%10cc98)nc7c6c5)c4cc32)cc1. The number of benzene rings is 9. The molecule has 15 aromatic rings. The summed E-state index contributed by atoms with van der Waals surface area (Å²) in [6, 6.07) is 72.7. The number of rotatable bonds is 4. The maximum absolute atomic E-state index is 5.56. The van der Waals surface area contributed by atoms with Crippen molar-refractivity contribution in [1.82, 2.24) is 28.2 Å². The van der Waals surface area contributed by atoms with E-state index in [9.17, 15) is 0 Å². The molecule has 6 heterocycles. The zero-order valence-corrected chi connectivity index (χ0v) is 35.5. The molecule has 0 atom stereocenters. The van der Waals surface area contributed by atoms with Crippen molar-refractivity contribution in [3.63, 3.8) is 0 Å². The first-order chi connectivity index (χ1) is 32.2. The molecule has 0 aliphatic carbocycles. The molecule has 0 unspecified atom stereocenters. The van der Waals surface area contributed by atoms with Crippen LogP contribution in [0.3, 0.4) is 0 Å².